The first-order valence-corrected chi connectivity index (χ1v) is 11.0. The van der Waals surface area contributed by atoms with E-state index < -0.39 is 22.4 Å². The number of carbonyl (C=O) groups is 1. The third-order valence-corrected chi connectivity index (χ3v) is 6.89. The van der Waals surface area contributed by atoms with E-state index in [0.717, 1.165) is 4.31 Å². The van der Waals surface area contributed by atoms with Gasteiger partial charge in [-0.05, 0) is 43.3 Å². The zero-order valence-corrected chi connectivity index (χ0v) is 18.6. The molecular formula is C20H22ClN3O5S. The van der Waals surface area contributed by atoms with Crippen LogP contribution in [0.25, 0.3) is 11.0 Å². The highest BCUT2D eigenvalue weighted by molar-refractivity contribution is 7.89. The molecule has 0 atom stereocenters. The summed E-state index contributed by atoms with van der Waals surface area (Å²) in [6.07, 6.45) is 0. The molecule has 0 saturated carbocycles. The number of benzene rings is 2. The third kappa shape index (κ3) is 3.88. The van der Waals surface area contributed by atoms with Crippen LogP contribution < -0.4 is 10.4 Å². The number of halogens is 1. The van der Waals surface area contributed by atoms with Crippen molar-refractivity contribution in [1.82, 2.24) is 13.4 Å². The van der Waals surface area contributed by atoms with Crippen molar-refractivity contribution in [3.8, 4) is 5.75 Å². The second-order valence-corrected chi connectivity index (χ2v) is 9.29. The lowest BCUT2D eigenvalue weighted by molar-refractivity contribution is 0.0969. The van der Waals surface area contributed by atoms with Crippen LogP contribution in [0.1, 0.15) is 17.3 Å². The number of ketones is 1. The molecule has 3 aromatic rings. The molecule has 0 aliphatic carbocycles. The van der Waals surface area contributed by atoms with E-state index in [1.807, 2.05) is 0 Å². The molecule has 30 heavy (non-hydrogen) atoms. The number of hydrogen-bond acceptors (Lipinski definition) is 5. The number of imidazole rings is 1. The van der Waals surface area contributed by atoms with Gasteiger partial charge in [0.05, 0.1) is 34.6 Å². The lowest BCUT2D eigenvalue weighted by Gasteiger charge is -2.18. The van der Waals surface area contributed by atoms with Crippen LogP contribution >= 0.6 is 11.6 Å². The number of hydrogen-bond donors (Lipinski definition) is 0. The molecule has 0 radical (unpaired) electrons. The molecule has 0 aliphatic rings. The first-order chi connectivity index (χ1) is 14.1. The molecule has 0 spiro atoms. The molecule has 0 N–H and O–H groups in total. The summed E-state index contributed by atoms with van der Waals surface area (Å²) in [4.78, 5) is 24.9. The molecule has 3 rings (SSSR count). The first kappa shape index (κ1) is 22.1. The second kappa shape index (κ2) is 8.25. The van der Waals surface area contributed by atoms with E-state index >= 15 is 0 Å². The molecule has 0 fully saturated rings. The number of fused-ring (bicyclic) bond motifs is 1. The Morgan fingerprint density at radius 2 is 1.77 bits per heavy atom. The minimum Gasteiger partial charge on any atom is -0.493 e. The first-order valence-electron chi connectivity index (χ1n) is 9.15. The molecule has 1 heterocycles. The van der Waals surface area contributed by atoms with Gasteiger partial charge in [-0.2, -0.15) is 4.31 Å². The number of nitrogens with zero attached hydrogens (tertiary/aromatic N) is 3. The smallest absolute Gasteiger partial charge is 0.328 e. The Labute approximate surface area is 179 Å². The SMILES string of the molecule is CCOc1ccc(Cl)cc1C(=O)CN(C)S(=O)(=O)c1ccc2c(c1)n(C)c(=O)n2C. The molecule has 8 nitrogen and oxygen atoms in total. The van der Waals surface area contributed by atoms with Gasteiger partial charge in [0.1, 0.15) is 5.75 Å². The fourth-order valence-corrected chi connectivity index (χ4v) is 4.52. The lowest BCUT2D eigenvalue weighted by atomic mass is 10.1. The van der Waals surface area contributed by atoms with Crippen molar-refractivity contribution in [2.45, 2.75) is 11.8 Å². The van der Waals surface area contributed by atoms with Gasteiger partial charge in [0, 0.05) is 26.2 Å². The van der Waals surface area contributed by atoms with Gasteiger partial charge in [0.25, 0.3) is 0 Å². The van der Waals surface area contributed by atoms with Crippen molar-refractivity contribution in [2.75, 3.05) is 20.2 Å². The Morgan fingerprint density at radius 3 is 2.43 bits per heavy atom. The largest absolute Gasteiger partial charge is 0.493 e. The van der Waals surface area contributed by atoms with Crippen molar-refractivity contribution in [2.24, 2.45) is 14.1 Å². The maximum absolute atomic E-state index is 13.0. The van der Waals surface area contributed by atoms with E-state index in [-0.39, 0.29) is 16.1 Å². The van der Waals surface area contributed by atoms with Gasteiger partial charge in [-0.3, -0.25) is 13.9 Å². The van der Waals surface area contributed by atoms with E-state index in [1.165, 1.54) is 34.4 Å². The van der Waals surface area contributed by atoms with Gasteiger partial charge >= 0.3 is 5.69 Å². The quantitative estimate of drug-likeness (QED) is 0.514. The van der Waals surface area contributed by atoms with Crippen molar-refractivity contribution in [3.63, 3.8) is 0 Å². The van der Waals surface area contributed by atoms with Crippen LogP contribution in [0.3, 0.4) is 0 Å². The second-order valence-electron chi connectivity index (χ2n) is 6.81. The minimum absolute atomic E-state index is 0.0115. The van der Waals surface area contributed by atoms with E-state index in [0.29, 0.717) is 28.4 Å². The summed E-state index contributed by atoms with van der Waals surface area (Å²) in [7, 11) is 0.538. The highest BCUT2D eigenvalue weighted by atomic mass is 35.5. The zero-order valence-electron chi connectivity index (χ0n) is 17.0. The summed E-state index contributed by atoms with van der Waals surface area (Å²) in [5.74, 6) is -0.0985. The summed E-state index contributed by atoms with van der Waals surface area (Å²) in [5, 5.41) is 0.350. The van der Waals surface area contributed by atoms with E-state index in [2.05, 4.69) is 0 Å². The predicted molar refractivity (Wildman–Crippen MR) is 115 cm³/mol. The Kier molecular flexibility index (Phi) is 6.07. The number of Topliss-reactive ketones (excluding diaryl/α,β-unsaturated/α-hetero) is 1. The highest BCUT2D eigenvalue weighted by Gasteiger charge is 2.26. The number of aryl methyl sites for hydroxylation is 2. The summed E-state index contributed by atoms with van der Waals surface area (Å²) >= 11 is 6.00. The molecule has 1 aromatic heterocycles. The van der Waals surface area contributed by atoms with Crippen molar-refractivity contribution < 1.29 is 17.9 Å². The van der Waals surface area contributed by atoms with Crippen molar-refractivity contribution >= 4 is 38.4 Å². The average Bonchev–Trinajstić information content (AvgIpc) is 2.93. The van der Waals surface area contributed by atoms with Crippen LogP contribution in [-0.4, -0.2) is 47.8 Å². The normalized spacial score (nSPS) is 11.9. The molecule has 0 aliphatic heterocycles. The van der Waals surface area contributed by atoms with Crippen LogP contribution in [0.4, 0.5) is 0 Å². The van der Waals surface area contributed by atoms with Gasteiger partial charge in [-0.15, -0.1) is 0 Å². The molecule has 2 aromatic carbocycles. The maximum Gasteiger partial charge on any atom is 0.328 e. The number of carbonyl (C=O) groups excluding carboxylic acids is 1. The summed E-state index contributed by atoms with van der Waals surface area (Å²) in [6.45, 7) is 1.74. The Hall–Kier alpha value is -2.62. The molecule has 0 bridgehead atoms. The Bertz CT molecular complexity index is 1290. The zero-order chi connectivity index (χ0) is 22.2. The fraction of sp³-hybridized carbons (Fsp3) is 0.300. The molecule has 0 saturated heterocycles. The molecule has 160 valence electrons. The highest BCUT2D eigenvalue weighted by Crippen LogP contribution is 2.25. The van der Waals surface area contributed by atoms with E-state index in [1.54, 1.807) is 39.2 Å². The van der Waals surface area contributed by atoms with Crippen LogP contribution in [0.2, 0.25) is 5.02 Å². The monoisotopic (exact) mass is 451 g/mol. The van der Waals surface area contributed by atoms with Gasteiger partial charge in [-0.25, -0.2) is 13.2 Å². The van der Waals surface area contributed by atoms with Crippen molar-refractivity contribution in [3.05, 3.63) is 57.5 Å². The lowest BCUT2D eigenvalue weighted by Crippen LogP contribution is -2.32. The Morgan fingerprint density at radius 1 is 1.10 bits per heavy atom. The van der Waals surface area contributed by atoms with E-state index in [9.17, 15) is 18.0 Å². The average molecular weight is 452 g/mol. The Balaban J connectivity index is 1.93. The maximum atomic E-state index is 13.0. The van der Waals surface area contributed by atoms with Crippen LogP contribution in [0.5, 0.6) is 5.75 Å². The molecular weight excluding hydrogens is 430 g/mol. The van der Waals surface area contributed by atoms with Gasteiger partial charge in [0.2, 0.25) is 10.0 Å². The van der Waals surface area contributed by atoms with Crippen LogP contribution in [0.15, 0.2) is 46.1 Å². The minimum atomic E-state index is -3.98. The topological polar surface area (TPSA) is 90.6 Å². The van der Waals surface area contributed by atoms with E-state index in [4.69, 9.17) is 16.3 Å². The summed E-state index contributed by atoms with van der Waals surface area (Å²) < 4.78 is 35.3. The van der Waals surface area contributed by atoms with Crippen LogP contribution in [-0.2, 0) is 24.1 Å². The van der Waals surface area contributed by atoms with Gasteiger partial charge < -0.3 is 4.74 Å². The van der Waals surface area contributed by atoms with Gasteiger partial charge in [0.15, 0.2) is 5.78 Å². The van der Waals surface area contributed by atoms with Crippen LogP contribution in [0, 0.1) is 0 Å². The molecule has 0 unspecified atom stereocenters. The number of rotatable bonds is 7. The number of ether oxygens (including phenoxy) is 1. The number of likely N-dealkylation sites (N-methyl/N-ethyl adjacent to an activating group) is 1. The summed E-state index contributed by atoms with van der Waals surface area (Å²) in [6, 6.07) is 9.06. The van der Waals surface area contributed by atoms with Crippen molar-refractivity contribution in [1.29, 1.82) is 0 Å². The molecule has 10 heteroatoms. The third-order valence-electron chi connectivity index (χ3n) is 4.86. The number of aromatic nitrogens is 2. The number of sulfonamides is 1. The molecule has 0 amide bonds. The van der Waals surface area contributed by atoms with Gasteiger partial charge in [-0.1, -0.05) is 11.6 Å². The standard InChI is InChI=1S/C20H22ClN3O5S/c1-5-29-19-9-6-13(21)10-15(19)18(25)12-22(2)30(27,28)14-7-8-16-17(11-14)24(4)20(26)23(16)3/h6-11H,5,12H2,1-4H3. The summed E-state index contributed by atoms with van der Waals surface area (Å²) in [5.41, 5.74) is 1.05. The predicted octanol–water partition coefficient (Wildman–Crippen LogP) is 2.43. The fourth-order valence-electron chi connectivity index (χ4n) is 3.20.